The molecule has 0 nitrogen and oxygen atoms in total. The van der Waals surface area contributed by atoms with Crippen molar-refractivity contribution >= 4 is 34.8 Å². The molecule has 2 aromatic rings. The second-order valence-electron chi connectivity index (χ2n) is 8.72. The van der Waals surface area contributed by atoms with Crippen LogP contribution in [0, 0.1) is 0 Å². The summed E-state index contributed by atoms with van der Waals surface area (Å²) in [6.07, 6.45) is 28.6. The lowest BCUT2D eigenvalue weighted by molar-refractivity contribution is 0.761. The summed E-state index contributed by atoms with van der Waals surface area (Å²) in [7, 11) is 0. The lowest BCUT2D eigenvalue weighted by atomic mass is 10.0. The second-order valence-corrected chi connectivity index (χ2v) is 10.5. The van der Waals surface area contributed by atoms with Gasteiger partial charge in [0.2, 0.25) is 0 Å². The van der Waals surface area contributed by atoms with Gasteiger partial charge in [-0.05, 0) is 96.5 Å². The molecule has 2 heteroatoms. The van der Waals surface area contributed by atoms with Crippen LogP contribution in [0.5, 0.6) is 0 Å². The van der Waals surface area contributed by atoms with E-state index in [2.05, 4.69) is 74.9 Å². The molecular formula is C30H44S2. The zero-order chi connectivity index (χ0) is 23.0. The van der Waals surface area contributed by atoms with Crippen LogP contribution in [0.4, 0.5) is 0 Å². The lowest BCUT2D eigenvalue weighted by Crippen LogP contribution is -1.92. The molecule has 0 saturated heterocycles. The minimum atomic E-state index is 1.22. The highest BCUT2D eigenvalue weighted by Crippen LogP contribution is 2.28. The molecule has 0 unspecified atom stereocenters. The summed E-state index contributed by atoms with van der Waals surface area (Å²) in [6.45, 7) is 9.14. The van der Waals surface area contributed by atoms with Crippen molar-refractivity contribution in [2.45, 2.75) is 105 Å². The molecule has 2 aromatic heterocycles. The van der Waals surface area contributed by atoms with Gasteiger partial charge >= 0.3 is 0 Å². The van der Waals surface area contributed by atoms with E-state index >= 15 is 0 Å². The van der Waals surface area contributed by atoms with Gasteiger partial charge in [-0.25, -0.2) is 0 Å². The Morgan fingerprint density at radius 3 is 1.28 bits per heavy atom. The van der Waals surface area contributed by atoms with Crippen molar-refractivity contribution in [1.29, 1.82) is 0 Å². The minimum Gasteiger partial charge on any atom is -0.144 e. The number of unbranched alkanes of at least 4 members (excludes halogenated alkanes) is 4. The zero-order valence-corrected chi connectivity index (χ0v) is 22.6. The van der Waals surface area contributed by atoms with Gasteiger partial charge in [-0.3, -0.25) is 0 Å². The van der Waals surface area contributed by atoms with Crippen molar-refractivity contribution in [2.24, 2.45) is 0 Å². The van der Waals surface area contributed by atoms with Crippen LogP contribution >= 0.6 is 22.7 Å². The van der Waals surface area contributed by atoms with Crippen molar-refractivity contribution in [1.82, 2.24) is 0 Å². The van der Waals surface area contributed by atoms with E-state index in [0.717, 1.165) is 0 Å². The fourth-order valence-electron chi connectivity index (χ4n) is 3.99. The first-order valence-electron chi connectivity index (χ1n) is 12.9. The fourth-order valence-corrected chi connectivity index (χ4v) is 6.12. The van der Waals surface area contributed by atoms with Gasteiger partial charge in [0, 0.05) is 9.75 Å². The number of thiophene rings is 2. The first kappa shape index (κ1) is 26.9. The van der Waals surface area contributed by atoms with Gasteiger partial charge in [0.25, 0.3) is 0 Å². The summed E-state index contributed by atoms with van der Waals surface area (Å²) in [6, 6.07) is 0. The van der Waals surface area contributed by atoms with Crippen LogP contribution in [0.3, 0.4) is 0 Å². The quantitative estimate of drug-likeness (QED) is 0.215. The van der Waals surface area contributed by atoms with Gasteiger partial charge < -0.3 is 0 Å². The Labute approximate surface area is 206 Å². The van der Waals surface area contributed by atoms with Gasteiger partial charge in [-0.15, -0.1) is 22.7 Å². The predicted octanol–water partition coefficient (Wildman–Crippen LogP) is 10.5. The molecule has 0 saturated carbocycles. The van der Waals surface area contributed by atoms with Crippen LogP contribution in [0.1, 0.15) is 111 Å². The van der Waals surface area contributed by atoms with Gasteiger partial charge in [0.05, 0.1) is 0 Å². The average Bonchev–Trinajstić information content (AvgIpc) is 3.38. The molecule has 32 heavy (non-hydrogen) atoms. The molecule has 176 valence electrons. The number of hydrogen-bond donors (Lipinski definition) is 0. The van der Waals surface area contributed by atoms with Crippen LogP contribution in [-0.2, 0) is 25.7 Å². The van der Waals surface area contributed by atoms with E-state index in [-0.39, 0.29) is 0 Å². The summed E-state index contributed by atoms with van der Waals surface area (Å²) in [5, 5.41) is 4.80. The van der Waals surface area contributed by atoms with Crippen LogP contribution < -0.4 is 0 Å². The Balaban J connectivity index is 2.03. The molecular weight excluding hydrogens is 424 g/mol. The second kappa shape index (κ2) is 16.3. The van der Waals surface area contributed by atoms with Gasteiger partial charge in [-0.2, -0.15) is 0 Å². The Morgan fingerprint density at radius 1 is 0.531 bits per heavy atom. The van der Waals surface area contributed by atoms with Crippen LogP contribution in [0.2, 0.25) is 0 Å². The maximum absolute atomic E-state index is 2.40. The highest BCUT2D eigenvalue weighted by atomic mass is 32.1. The molecule has 0 fully saturated rings. The Morgan fingerprint density at radius 2 is 0.906 bits per heavy atom. The molecule has 2 heterocycles. The van der Waals surface area contributed by atoms with Gasteiger partial charge in [0.15, 0.2) is 0 Å². The average molecular weight is 469 g/mol. The van der Waals surface area contributed by atoms with Crippen molar-refractivity contribution in [2.75, 3.05) is 0 Å². The normalized spacial score (nSPS) is 12.2. The predicted molar refractivity (Wildman–Crippen MR) is 150 cm³/mol. The number of allylic oxidation sites excluding steroid dienone is 4. The maximum atomic E-state index is 2.40. The molecule has 2 rings (SSSR count). The van der Waals surface area contributed by atoms with Crippen molar-refractivity contribution in [3.05, 3.63) is 67.1 Å². The van der Waals surface area contributed by atoms with E-state index in [0.29, 0.717) is 0 Å². The van der Waals surface area contributed by atoms with E-state index < -0.39 is 0 Å². The molecule has 0 atom stereocenters. The smallest absolute Gasteiger partial charge is 0.0305 e. The van der Waals surface area contributed by atoms with Crippen molar-refractivity contribution in [3.8, 4) is 0 Å². The van der Waals surface area contributed by atoms with Crippen molar-refractivity contribution < 1.29 is 0 Å². The Kier molecular flexibility index (Phi) is 13.7. The Bertz CT molecular complexity index is 774. The first-order chi connectivity index (χ1) is 15.7. The summed E-state index contributed by atoms with van der Waals surface area (Å²) in [5.74, 6) is 0. The molecule has 0 radical (unpaired) electrons. The number of aryl methyl sites for hydroxylation is 2. The van der Waals surface area contributed by atoms with Crippen LogP contribution in [-0.4, -0.2) is 0 Å². The molecule has 0 bridgehead atoms. The SMILES string of the molecule is CCCCc1csc(/C=C/C=C/C=C/c2scc(CCCC)c2CCCC)c1CCCC. The van der Waals surface area contributed by atoms with E-state index in [1.165, 1.54) is 86.8 Å². The highest BCUT2D eigenvalue weighted by molar-refractivity contribution is 7.11. The summed E-state index contributed by atoms with van der Waals surface area (Å²) < 4.78 is 0. The molecule has 0 N–H and O–H groups in total. The summed E-state index contributed by atoms with van der Waals surface area (Å²) >= 11 is 3.84. The maximum Gasteiger partial charge on any atom is 0.0305 e. The first-order valence-corrected chi connectivity index (χ1v) is 14.7. The Hall–Kier alpha value is -1.38. The van der Waals surface area contributed by atoms with E-state index in [1.54, 1.807) is 22.3 Å². The van der Waals surface area contributed by atoms with Gasteiger partial charge in [-0.1, -0.05) is 77.7 Å². The standard InChI is InChI=1S/C30H44S2/c1-5-9-17-25-23-31-29(27(25)19-11-7-3)21-15-13-14-16-22-30-28(20-12-8-4)26(24-32-30)18-10-6-2/h13-16,21-24H,5-12,17-20H2,1-4H3/b14-13+,21-15+,22-16+. The highest BCUT2D eigenvalue weighted by Gasteiger charge is 2.10. The third-order valence-corrected chi connectivity index (χ3v) is 8.09. The largest absolute Gasteiger partial charge is 0.144 e. The van der Waals surface area contributed by atoms with Crippen LogP contribution in [0.25, 0.3) is 12.2 Å². The van der Waals surface area contributed by atoms with E-state index in [4.69, 9.17) is 0 Å². The fraction of sp³-hybridized carbons (Fsp3) is 0.533. The molecule has 0 aliphatic heterocycles. The summed E-state index contributed by atoms with van der Waals surface area (Å²) in [5.41, 5.74) is 6.38. The number of rotatable bonds is 16. The third kappa shape index (κ3) is 8.87. The number of hydrogen-bond acceptors (Lipinski definition) is 2. The van der Waals surface area contributed by atoms with E-state index in [9.17, 15) is 0 Å². The molecule has 0 aliphatic carbocycles. The molecule has 0 amide bonds. The van der Waals surface area contributed by atoms with E-state index in [1.807, 2.05) is 22.7 Å². The van der Waals surface area contributed by atoms with Crippen LogP contribution in [0.15, 0.2) is 35.1 Å². The summed E-state index contributed by atoms with van der Waals surface area (Å²) in [4.78, 5) is 2.91. The van der Waals surface area contributed by atoms with Crippen molar-refractivity contribution in [3.63, 3.8) is 0 Å². The molecule has 0 aromatic carbocycles. The molecule has 0 aliphatic rings. The zero-order valence-electron chi connectivity index (χ0n) is 20.9. The third-order valence-electron chi connectivity index (χ3n) is 6.01. The lowest BCUT2D eigenvalue weighted by Gasteiger charge is -2.05. The molecule has 0 spiro atoms. The minimum absolute atomic E-state index is 1.22. The monoisotopic (exact) mass is 468 g/mol. The van der Waals surface area contributed by atoms with Gasteiger partial charge in [0.1, 0.15) is 0 Å². The topological polar surface area (TPSA) is 0 Å².